The van der Waals surface area contributed by atoms with Crippen LogP contribution in [0.4, 0.5) is 5.69 Å². The Morgan fingerprint density at radius 1 is 1.42 bits per heavy atom. The summed E-state index contributed by atoms with van der Waals surface area (Å²) in [6, 6.07) is 6.28. The van der Waals surface area contributed by atoms with Gasteiger partial charge < -0.3 is 10.1 Å². The number of thiazole rings is 1. The van der Waals surface area contributed by atoms with E-state index in [1.807, 2.05) is 17.4 Å². The first-order chi connectivity index (χ1) is 9.28. The average molecular weight is 274 g/mol. The van der Waals surface area contributed by atoms with Gasteiger partial charge in [0.1, 0.15) is 12.4 Å². The van der Waals surface area contributed by atoms with E-state index in [4.69, 9.17) is 9.72 Å². The van der Waals surface area contributed by atoms with Crippen LogP contribution in [0.15, 0.2) is 18.2 Å². The second-order valence-corrected chi connectivity index (χ2v) is 6.04. The van der Waals surface area contributed by atoms with Gasteiger partial charge in [-0.15, -0.1) is 11.3 Å². The predicted octanol–water partition coefficient (Wildman–Crippen LogP) is 3.88. The van der Waals surface area contributed by atoms with Gasteiger partial charge >= 0.3 is 0 Å². The Labute approximate surface area is 117 Å². The van der Waals surface area contributed by atoms with Gasteiger partial charge in [-0.2, -0.15) is 0 Å². The molecular formula is C15H18N2OS. The molecule has 0 radical (unpaired) electrons. The molecule has 0 amide bonds. The standard InChI is InChI=1S/C15H18N2OS/c1-3-4-14-17-15(10(2)19-14)11-5-6-13-12(9-11)16-7-8-18-13/h5-6,9,16H,3-4,7-8H2,1-2H3. The normalized spacial score (nSPS) is 13.6. The van der Waals surface area contributed by atoms with Gasteiger partial charge in [-0.3, -0.25) is 0 Å². The zero-order valence-corrected chi connectivity index (χ0v) is 12.1. The van der Waals surface area contributed by atoms with Crippen LogP contribution in [0.1, 0.15) is 23.2 Å². The molecule has 1 aromatic heterocycles. The Morgan fingerprint density at radius 3 is 3.16 bits per heavy atom. The van der Waals surface area contributed by atoms with E-state index in [2.05, 4.69) is 31.3 Å². The van der Waals surface area contributed by atoms with Crippen molar-refractivity contribution in [2.75, 3.05) is 18.5 Å². The van der Waals surface area contributed by atoms with Crippen LogP contribution < -0.4 is 10.1 Å². The molecule has 0 saturated carbocycles. The zero-order valence-electron chi connectivity index (χ0n) is 11.3. The lowest BCUT2D eigenvalue weighted by atomic mass is 10.1. The Morgan fingerprint density at radius 2 is 2.32 bits per heavy atom. The van der Waals surface area contributed by atoms with Crippen molar-refractivity contribution in [3.63, 3.8) is 0 Å². The summed E-state index contributed by atoms with van der Waals surface area (Å²) in [6.45, 7) is 5.95. The van der Waals surface area contributed by atoms with Crippen molar-refractivity contribution >= 4 is 17.0 Å². The molecule has 4 heteroatoms. The van der Waals surface area contributed by atoms with E-state index in [0.717, 1.165) is 43.1 Å². The monoisotopic (exact) mass is 274 g/mol. The molecule has 3 rings (SSSR count). The molecule has 0 atom stereocenters. The highest BCUT2D eigenvalue weighted by atomic mass is 32.1. The van der Waals surface area contributed by atoms with Gasteiger partial charge in [0.2, 0.25) is 0 Å². The third-order valence-electron chi connectivity index (χ3n) is 3.23. The van der Waals surface area contributed by atoms with E-state index in [1.54, 1.807) is 0 Å². The van der Waals surface area contributed by atoms with Gasteiger partial charge in [-0.05, 0) is 38.0 Å². The molecule has 0 aliphatic carbocycles. The van der Waals surface area contributed by atoms with Crippen molar-refractivity contribution in [2.45, 2.75) is 26.7 Å². The van der Waals surface area contributed by atoms with Crippen molar-refractivity contribution in [1.82, 2.24) is 4.98 Å². The Balaban J connectivity index is 1.97. The molecule has 19 heavy (non-hydrogen) atoms. The van der Waals surface area contributed by atoms with E-state index in [0.29, 0.717) is 0 Å². The molecule has 0 saturated heterocycles. The fourth-order valence-corrected chi connectivity index (χ4v) is 3.38. The molecule has 0 spiro atoms. The molecule has 0 unspecified atom stereocenters. The molecule has 0 bridgehead atoms. The minimum Gasteiger partial charge on any atom is -0.490 e. The first-order valence-electron chi connectivity index (χ1n) is 6.75. The molecule has 1 aliphatic rings. The fraction of sp³-hybridized carbons (Fsp3) is 0.400. The summed E-state index contributed by atoms with van der Waals surface area (Å²) >= 11 is 1.81. The second-order valence-electron chi connectivity index (χ2n) is 4.75. The minimum absolute atomic E-state index is 0.739. The van der Waals surface area contributed by atoms with Crippen LogP contribution >= 0.6 is 11.3 Å². The van der Waals surface area contributed by atoms with Crippen LogP contribution in [0.2, 0.25) is 0 Å². The predicted molar refractivity (Wildman–Crippen MR) is 80.3 cm³/mol. The first kappa shape index (κ1) is 12.5. The van der Waals surface area contributed by atoms with E-state index >= 15 is 0 Å². The largest absolute Gasteiger partial charge is 0.490 e. The number of ether oxygens (including phenoxy) is 1. The molecule has 1 aliphatic heterocycles. The van der Waals surface area contributed by atoms with Crippen LogP contribution in [-0.4, -0.2) is 18.1 Å². The van der Waals surface area contributed by atoms with Crippen LogP contribution in [0.25, 0.3) is 11.3 Å². The molecule has 0 fully saturated rings. The minimum atomic E-state index is 0.739. The number of hydrogen-bond acceptors (Lipinski definition) is 4. The lowest BCUT2D eigenvalue weighted by molar-refractivity contribution is 0.323. The second kappa shape index (κ2) is 5.21. The Kier molecular flexibility index (Phi) is 3.42. The van der Waals surface area contributed by atoms with E-state index in [9.17, 15) is 0 Å². The van der Waals surface area contributed by atoms with Crippen LogP contribution in [0.5, 0.6) is 5.75 Å². The maximum atomic E-state index is 5.61. The molecule has 2 heterocycles. The number of hydrogen-bond donors (Lipinski definition) is 1. The van der Waals surface area contributed by atoms with Crippen molar-refractivity contribution in [3.05, 3.63) is 28.1 Å². The van der Waals surface area contributed by atoms with Crippen molar-refractivity contribution in [2.24, 2.45) is 0 Å². The molecule has 100 valence electrons. The molecule has 3 nitrogen and oxygen atoms in total. The average Bonchev–Trinajstić information content (AvgIpc) is 2.79. The van der Waals surface area contributed by atoms with E-state index in [-0.39, 0.29) is 0 Å². The summed E-state index contributed by atoms with van der Waals surface area (Å²) in [6.07, 6.45) is 2.21. The van der Waals surface area contributed by atoms with Crippen molar-refractivity contribution < 1.29 is 4.74 Å². The summed E-state index contributed by atoms with van der Waals surface area (Å²) in [5, 5.41) is 4.61. The van der Waals surface area contributed by atoms with E-state index < -0.39 is 0 Å². The topological polar surface area (TPSA) is 34.2 Å². The number of benzene rings is 1. The van der Waals surface area contributed by atoms with Crippen LogP contribution in [0, 0.1) is 6.92 Å². The Bertz CT molecular complexity index is 592. The third-order valence-corrected chi connectivity index (χ3v) is 4.26. The summed E-state index contributed by atoms with van der Waals surface area (Å²) in [4.78, 5) is 6.06. The summed E-state index contributed by atoms with van der Waals surface area (Å²) in [5.74, 6) is 0.941. The van der Waals surface area contributed by atoms with Gasteiger partial charge in [0.15, 0.2) is 0 Å². The maximum Gasteiger partial charge on any atom is 0.142 e. The zero-order chi connectivity index (χ0) is 13.2. The van der Waals surface area contributed by atoms with Crippen molar-refractivity contribution in [1.29, 1.82) is 0 Å². The highest BCUT2D eigenvalue weighted by Gasteiger charge is 2.14. The number of aryl methyl sites for hydroxylation is 2. The highest BCUT2D eigenvalue weighted by Crippen LogP contribution is 2.34. The highest BCUT2D eigenvalue weighted by molar-refractivity contribution is 7.12. The van der Waals surface area contributed by atoms with Gasteiger partial charge in [0, 0.05) is 17.0 Å². The number of nitrogens with one attached hydrogen (secondary N) is 1. The summed E-state index contributed by atoms with van der Waals surface area (Å²) < 4.78 is 5.61. The van der Waals surface area contributed by atoms with E-state index in [1.165, 1.54) is 15.4 Å². The van der Waals surface area contributed by atoms with Crippen LogP contribution in [-0.2, 0) is 6.42 Å². The molecule has 2 aromatic rings. The smallest absolute Gasteiger partial charge is 0.142 e. The number of nitrogens with zero attached hydrogens (tertiary/aromatic N) is 1. The number of rotatable bonds is 3. The number of anilines is 1. The SMILES string of the molecule is CCCc1nc(-c2ccc3c(c2)NCCO3)c(C)s1. The lowest BCUT2D eigenvalue weighted by Crippen LogP contribution is -2.17. The Hall–Kier alpha value is -1.55. The first-order valence-corrected chi connectivity index (χ1v) is 7.57. The molecular weight excluding hydrogens is 256 g/mol. The quantitative estimate of drug-likeness (QED) is 0.922. The number of fused-ring (bicyclic) bond motifs is 1. The lowest BCUT2D eigenvalue weighted by Gasteiger charge is -2.19. The third kappa shape index (κ3) is 2.45. The van der Waals surface area contributed by atoms with Gasteiger partial charge in [-0.25, -0.2) is 4.98 Å². The summed E-state index contributed by atoms with van der Waals surface area (Å²) in [5.41, 5.74) is 3.37. The van der Waals surface area contributed by atoms with Gasteiger partial charge in [0.25, 0.3) is 0 Å². The van der Waals surface area contributed by atoms with Crippen LogP contribution in [0.3, 0.4) is 0 Å². The fourth-order valence-electron chi connectivity index (χ4n) is 2.33. The van der Waals surface area contributed by atoms with Gasteiger partial charge in [-0.1, -0.05) is 6.92 Å². The number of aromatic nitrogens is 1. The van der Waals surface area contributed by atoms with Crippen molar-refractivity contribution in [3.8, 4) is 17.0 Å². The molecule has 1 aromatic carbocycles. The molecule has 1 N–H and O–H groups in total. The maximum absolute atomic E-state index is 5.61. The van der Waals surface area contributed by atoms with Gasteiger partial charge in [0.05, 0.1) is 16.4 Å². The summed E-state index contributed by atoms with van der Waals surface area (Å²) in [7, 11) is 0.